The summed E-state index contributed by atoms with van der Waals surface area (Å²) in [5.41, 5.74) is 10.7. The van der Waals surface area contributed by atoms with Crippen molar-refractivity contribution < 1.29 is 0 Å². The van der Waals surface area contributed by atoms with Crippen LogP contribution in [0.25, 0.3) is 0 Å². The van der Waals surface area contributed by atoms with Gasteiger partial charge < -0.3 is 10.6 Å². The highest BCUT2D eigenvalue weighted by Crippen LogP contribution is 2.42. The molecule has 2 aliphatic heterocycles. The maximum absolute atomic E-state index is 6.21. The largest absolute Gasteiger partial charge is 0.355 e. The van der Waals surface area contributed by atoms with Crippen LogP contribution in [0.2, 0.25) is 0 Å². The molecule has 86 valence electrons. The van der Waals surface area contributed by atoms with Crippen LogP contribution in [0.3, 0.4) is 0 Å². The average Bonchev–Trinajstić information content (AvgIpc) is 2.92. The highest BCUT2D eigenvalue weighted by atomic mass is 32.2. The molecule has 0 aromatic heterocycles. The number of hydrogen-bond acceptors (Lipinski definition) is 3. The highest BCUT2D eigenvalue weighted by Gasteiger charge is 2.28. The molecule has 0 unspecified atom stereocenters. The molecule has 3 rings (SSSR count). The Labute approximate surface area is 101 Å². The number of anilines is 1. The van der Waals surface area contributed by atoms with Crippen molar-refractivity contribution in [1.82, 2.24) is 0 Å². The van der Waals surface area contributed by atoms with Crippen LogP contribution in [0.15, 0.2) is 17.0 Å². The third-order valence-electron chi connectivity index (χ3n) is 3.66. The van der Waals surface area contributed by atoms with Gasteiger partial charge in [0.05, 0.1) is 6.17 Å². The van der Waals surface area contributed by atoms with Crippen molar-refractivity contribution in [2.24, 2.45) is 5.73 Å². The number of hydrogen-bond donors (Lipinski definition) is 1. The number of nitrogens with zero attached hydrogens (tertiary/aromatic N) is 1. The summed E-state index contributed by atoms with van der Waals surface area (Å²) in [5.74, 6) is 1.24. The van der Waals surface area contributed by atoms with Crippen molar-refractivity contribution in [3.8, 4) is 0 Å². The minimum atomic E-state index is 0.193. The van der Waals surface area contributed by atoms with Crippen molar-refractivity contribution in [2.75, 3.05) is 17.2 Å². The van der Waals surface area contributed by atoms with Crippen LogP contribution in [0.5, 0.6) is 0 Å². The summed E-state index contributed by atoms with van der Waals surface area (Å²) in [6, 6.07) is 4.60. The Bertz CT molecular complexity index is 417. The first-order valence-electron chi connectivity index (χ1n) is 6.11. The molecule has 2 aliphatic rings. The molecule has 1 atom stereocenters. The maximum Gasteiger partial charge on any atom is 0.0768 e. The van der Waals surface area contributed by atoms with Gasteiger partial charge in [0.25, 0.3) is 0 Å². The zero-order chi connectivity index (χ0) is 11.1. The van der Waals surface area contributed by atoms with Crippen molar-refractivity contribution in [3.63, 3.8) is 0 Å². The third-order valence-corrected chi connectivity index (χ3v) is 4.76. The quantitative estimate of drug-likeness (QED) is 0.852. The molecule has 1 aromatic carbocycles. The zero-order valence-corrected chi connectivity index (χ0v) is 10.5. The van der Waals surface area contributed by atoms with Crippen molar-refractivity contribution in [1.29, 1.82) is 0 Å². The van der Waals surface area contributed by atoms with Gasteiger partial charge in [0, 0.05) is 22.9 Å². The van der Waals surface area contributed by atoms with Crippen molar-refractivity contribution in [2.45, 2.75) is 37.2 Å². The summed E-state index contributed by atoms with van der Waals surface area (Å²) in [7, 11) is 0. The van der Waals surface area contributed by atoms with Gasteiger partial charge in [-0.15, -0.1) is 11.8 Å². The van der Waals surface area contributed by atoms with E-state index in [1.807, 2.05) is 11.8 Å². The molecule has 1 aromatic rings. The predicted octanol–water partition coefficient (Wildman–Crippen LogP) is 2.39. The van der Waals surface area contributed by atoms with E-state index in [0.717, 1.165) is 13.0 Å². The lowest BCUT2D eigenvalue weighted by atomic mass is 10.1. The average molecular weight is 234 g/mol. The fraction of sp³-hybridized carbons (Fsp3) is 0.538. The molecular weight excluding hydrogens is 216 g/mol. The van der Waals surface area contributed by atoms with Gasteiger partial charge in [-0.05, 0) is 36.5 Å². The van der Waals surface area contributed by atoms with E-state index in [1.54, 1.807) is 5.56 Å². The van der Waals surface area contributed by atoms with E-state index in [2.05, 4.69) is 24.0 Å². The smallest absolute Gasteiger partial charge is 0.0768 e. The standard InChI is InChI=1S/C13H18N2S/c1-2-12(14)15-7-5-9-3-4-11-10(13(9)15)6-8-16-11/h3-4,12H,2,5-8,14H2,1H3/t12-/m0/s1. The number of benzene rings is 1. The van der Waals surface area contributed by atoms with Gasteiger partial charge in [0.2, 0.25) is 0 Å². The molecule has 2 heterocycles. The molecule has 0 saturated carbocycles. The molecule has 0 fully saturated rings. The van der Waals surface area contributed by atoms with E-state index in [9.17, 15) is 0 Å². The normalized spacial score (nSPS) is 19.8. The van der Waals surface area contributed by atoms with E-state index in [-0.39, 0.29) is 6.17 Å². The van der Waals surface area contributed by atoms with Crippen LogP contribution >= 0.6 is 11.8 Å². The van der Waals surface area contributed by atoms with Gasteiger partial charge in [0.15, 0.2) is 0 Å². The second-order valence-electron chi connectivity index (χ2n) is 4.57. The molecule has 0 amide bonds. The highest BCUT2D eigenvalue weighted by molar-refractivity contribution is 7.99. The lowest BCUT2D eigenvalue weighted by Gasteiger charge is -2.27. The molecule has 16 heavy (non-hydrogen) atoms. The van der Waals surface area contributed by atoms with Crippen LogP contribution in [0.1, 0.15) is 24.5 Å². The Morgan fingerprint density at radius 3 is 3.12 bits per heavy atom. The summed E-state index contributed by atoms with van der Waals surface area (Å²) < 4.78 is 0. The Morgan fingerprint density at radius 2 is 2.31 bits per heavy atom. The molecule has 0 saturated heterocycles. The van der Waals surface area contributed by atoms with Gasteiger partial charge >= 0.3 is 0 Å². The topological polar surface area (TPSA) is 29.3 Å². The van der Waals surface area contributed by atoms with Crippen LogP contribution < -0.4 is 10.6 Å². The van der Waals surface area contributed by atoms with Gasteiger partial charge in [-0.1, -0.05) is 13.0 Å². The molecule has 2 N–H and O–H groups in total. The summed E-state index contributed by atoms with van der Waals surface area (Å²) in [5, 5.41) is 0. The summed E-state index contributed by atoms with van der Waals surface area (Å²) in [6.45, 7) is 3.27. The maximum atomic E-state index is 6.21. The first-order chi connectivity index (χ1) is 7.81. The van der Waals surface area contributed by atoms with E-state index >= 15 is 0 Å². The lowest BCUT2D eigenvalue weighted by Crippen LogP contribution is -2.40. The summed E-state index contributed by atoms with van der Waals surface area (Å²) in [6.07, 6.45) is 3.60. The Morgan fingerprint density at radius 1 is 1.44 bits per heavy atom. The van der Waals surface area contributed by atoms with E-state index in [1.165, 1.54) is 34.7 Å². The number of nitrogens with two attached hydrogens (primary N) is 1. The molecule has 0 bridgehead atoms. The van der Waals surface area contributed by atoms with Gasteiger partial charge in [-0.2, -0.15) is 0 Å². The SMILES string of the molecule is CC[C@@H](N)N1CCc2ccc3c(c21)CCS3. The van der Waals surface area contributed by atoms with Crippen LogP contribution in [0.4, 0.5) is 5.69 Å². The van der Waals surface area contributed by atoms with Crippen molar-refractivity contribution in [3.05, 3.63) is 23.3 Å². The third kappa shape index (κ3) is 1.45. The van der Waals surface area contributed by atoms with Gasteiger partial charge in [0.1, 0.15) is 0 Å². The van der Waals surface area contributed by atoms with Crippen molar-refractivity contribution >= 4 is 17.4 Å². The lowest BCUT2D eigenvalue weighted by molar-refractivity contribution is 0.608. The van der Waals surface area contributed by atoms with E-state index in [0.29, 0.717) is 0 Å². The minimum absolute atomic E-state index is 0.193. The fourth-order valence-corrected chi connectivity index (χ4v) is 3.83. The molecular formula is C13H18N2S. The molecule has 2 nitrogen and oxygen atoms in total. The molecule has 0 aliphatic carbocycles. The summed E-state index contributed by atoms with van der Waals surface area (Å²) in [4.78, 5) is 3.90. The second kappa shape index (κ2) is 3.97. The van der Waals surface area contributed by atoms with Crippen LogP contribution in [-0.4, -0.2) is 18.5 Å². The number of rotatable bonds is 2. The predicted molar refractivity (Wildman–Crippen MR) is 70.2 cm³/mol. The second-order valence-corrected chi connectivity index (χ2v) is 5.70. The minimum Gasteiger partial charge on any atom is -0.355 e. The van der Waals surface area contributed by atoms with Crippen LogP contribution in [-0.2, 0) is 12.8 Å². The fourth-order valence-electron chi connectivity index (χ4n) is 2.77. The van der Waals surface area contributed by atoms with Gasteiger partial charge in [-0.3, -0.25) is 0 Å². The molecule has 0 spiro atoms. The van der Waals surface area contributed by atoms with E-state index < -0.39 is 0 Å². The van der Waals surface area contributed by atoms with E-state index in [4.69, 9.17) is 5.73 Å². The molecule has 0 radical (unpaired) electrons. The zero-order valence-electron chi connectivity index (χ0n) is 9.70. The molecule has 3 heteroatoms. The monoisotopic (exact) mass is 234 g/mol. The first kappa shape index (κ1) is 10.5. The summed E-state index contributed by atoms with van der Waals surface area (Å²) >= 11 is 1.99. The Balaban J connectivity index is 2.07. The number of thioether (sulfide) groups is 1. The Hall–Kier alpha value is -0.670. The van der Waals surface area contributed by atoms with Crippen LogP contribution in [0, 0.1) is 0 Å². The van der Waals surface area contributed by atoms with Gasteiger partial charge in [-0.25, -0.2) is 0 Å². The first-order valence-corrected chi connectivity index (χ1v) is 7.09. The number of fused-ring (bicyclic) bond motifs is 3. The Kier molecular flexibility index (Phi) is 2.60.